The van der Waals surface area contributed by atoms with Crippen LogP contribution in [0.3, 0.4) is 0 Å². The van der Waals surface area contributed by atoms with Crippen molar-refractivity contribution in [3.05, 3.63) is 11.6 Å². The van der Waals surface area contributed by atoms with E-state index in [0.29, 0.717) is 0 Å². The van der Waals surface area contributed by atoms with Crippen LogP contribution in [0.4, 0.5) is 0 Å². The van der Waals surface area contributed by atoms with Gasteiger partial charge in [-0.05, 0) is 26.7 Å². The third-order valence-corrected chi connectivity index (χ3v) is 1.71. The fourth-order valence-electron chi connectivity index (χ4n) is 0.720. The fraction of sp³-hybridized carbons (Fsp3) is 0.600. The average Bonchev–Trinajstić information content (AvgIpc) is 1.97. The minimum Gasteiger partial charge on any atom is -0.324 e. The van der Waals surface area contributed by atoms with Crippen molar-refractivity contribution >= 4 is 0 Å². The highest BCUT2D eigenvalue weighted by Gasteiger charge is 1.93. The SMILES string of the molecule is C#CCCC/C=C(\C)C(C)N. The first kappa shape index (κ1) is 10.3. The molecule has 1 heteroatoms. The standard InChI is InChI=1S/C10H17N/c1-4-5-6-7-8-9(2)10(3)11/h1,8,10H,5-7,11H2,2-3H3/b9-8+. The predicted octanol–water partition coefficient (Wildman–Crippen LogP) is 2.08. The van der Waals surface area contributed by atoms with Crippen molar-refractivity contribution < 1.29 is 0 Å². The van der Waals surface area contributed by atoms with E-state index in [1.165, 1.54) is 5.57 Å². The number of nitrogens with two attached hydrogens (primary N) is 1. The average molecular weight is 151 g/mol. The molecule has 1 unspecified atom stereocenters. The number of terminal acetylenes is 1. The minimum atomic E-state index is 0.181. The van der Waals surface area contributed by atoms with Crippen LogP contribution in [-0.4, -0.2) is 6.04 Å². The lowest BCUT2D eigenvalue weighted by Gasteiger charge is -2.03. The van der Waals surface area contributed by atoms with Gasteiger partial charge in [-0.25, -0.2) is 0 Å². The summed E-state index contributed by atoms with van der Waals surface area (Å²) in [6.45, 7) is 4.05. The van der Waals surface area contributed by atoms with Crippen molar-refractivity contribution in [2.24, 2.45) is 5.73 Å². The second kappa shape index (κ2) is 6.00. The van der Waals surface area contributed by atoms with E-state index in [-0.39, 0.29) is 6.04 Å². The Kier molecular flexibility index (Phi) is 5.60. The molecule has 0 aromatic carbocycles. The molecule has 1 nitrogen and oxygen atoms in total. The Hall–Kier alpha value is -0.740. The molecule has 1 atom stereocenters. The topological polar surface area (TPSA) is 26.0 Å². The lowest BCUT2D eigenvalue weighted by atomic mass is 10.1. The maximum Gasteiger partial charge on any atom is 0.0222 e. The summed E-state index contributed by atoms with van der Waals surface area (Å²) in [5, 5.41) is 0. The molecule has 0 bridgehead atoms. The molecule has 0 amide bonds. The minimum absolute atomic E-state index is 0.181. The van der Waals surface area contributed by atoms with Gasteiger partial charge in [-0.2, -0.15) is 0 Å². The van der Waals surface area contributed by atoms with E-state index in [0.717, 1.165) is 19.3 Å². The van der Waals surface area contributed by atoms with E-state index in [1.54, 1.807) is 0 Å². The summed E-state index contributed by atoms with van der Waals surface area (Å²) in [5.41, 5.74) is 6.89. The van der Waals surface area contributed by atoms with Crippen LogP contribution in [0.5, 0.6) is 0 Å². The monoisotopic (exact) mass is 151 g/mol. The molecule has 0 fully saturated rings. The highest BCUT2D eigenvalue weighted by Crippen LogP contribution is 2.02. The van der Waals surface area contributed by atoms with Gasteiger partial charge in [0.05, 0.1) is 0 Å². The molecule has 11 heavy (non-hydrogen) atoms. The Balaban J connectivity index is 3.50. The molecular formula is C10H17N. The molecular weight excluding hydrogens is 134 g/mol. The van der Waals surface area contributed by atoms with Crippen LogP contribution in [0.25, 0.3) is 0 Å². The molecule has 0 aliphatic heterocycles. The van der Waals surface area contributed by atoms with Crippen molar-refractivity contribution in [1.82, 2.24) is 0 Å². The van der Waals surface area contributed by atoms with Crippen LogP contribution >= 0.6 is 0 Å². The van der Waals surface area contributed by atoms with Crippen molar-refractivity contribution in [2.75, 3.05) is 0 Å². The first-order valence-electron chi connectivity index (χ1n) is 4.04. The summed E-state index contributed by atoms with van der Waals surface area (Å²) >= 11 is 0. The summed E-state index contributed by atoms with van der Waals surface area (Å²) in [6, 6.07) is 0.181. The molecule has 0 rings (SSSR count). The lowest BCUT2D eigenvalue weighted by molar-refractivity contribution is 0.824. The fourth-order valence-corrected chi connectivity index (χ4v) is 0.720. The zero-order chi connectivity index (χ0) is 8.69. The second-order valence-corrected chi connectivity index (χ2v) is 2.83. The highest BCUT2D eigenvalue weighted by molar-refractivity contribution is 5.04. The van der Waals surface area contributed by atoms with Gasteiger partial charge in [-0.1, -0.05) is 11.6 Å². The predicted molar refractivity (Wildman–Crippen MR) is 50.1 cm³/mol. The first-order chi connectivity index (χ1) is 5.18. The second-order valence-electron chi connectivity index (χ2n) is 2.83. The van der Waals surface area contributed by atoms with E-state index < -0.39 is 0 Å². The quantitative estimate of drug-likeness (QED) is 0.371. The van der Waals surface area contributed by atoms with Gasteiger partial charge in [0.1, 0.15) is 0 Å². The van der Waals surface area contributed by atoms with Crippen molar-refractivity contribution in [2.45, 2.75) is 39.2 Å². The molecule has 0 aliphatic rings. The number of hydrogen-bond donors (Lipinski definition) is 1. The number of hydrogen-bond acceptors (Lipinski definition) is 1. The molecule has 0 aliphatic carbocycles. The van der Waals surface area contributed by atoms with Crippen LogP contribution in [0, 0.1) is 12.3 Å². The smallest absolute Gasteiger partial charge is 0.0222 e. The van der Waals surface area contributed by atoms with Gasteiger partial charge in [0, 0.05) is 12.5 Å². The van der Waals surface area contributed by atoms with Crippen molar-refractivity contribution in [3.63, 3.8) is 0 Å². The van der Waals surface area contributed by atoms with E-state index in [4.69, 9.17) is 12.2 Å². The zero-order valence-corrected chi connectivity index (χ0v) is 7.43. The van der Waals surface area contributed by atoms with E-state index >= 15 is 0 Å². The molecule has 0 heterocycles. The van der Waals surface area contributed by atoms with Gasteiger partial charge in [0.2, 0.25) is 0 Å². The summed E-state index contributed by atoms with van der Waals surface area (Å²) < 4.78 is 0. The van der Waals surface area contributed by atoms with Gasteiger partial charge < -0.3 is 5.73 Å². The molecule has 0 spiro atoms. The Labute approximate surface area is 69.7 Å². The van der Waals surface area contributed by atoms with Crippen LogP contribution < -0.4 is 5.73 Å². The van der Waals surface area contributed by atoms with Gasteiger partial charge in [-0.3, -0.25) is 0 Å². The van der Waals surface area contributed by atoms with Crippen LogP contribution in [0.2, 0.25) is 0 Å². The summed E-state index contributed by atoms with van der Waals surface area (Å²) in [7, 11) is 0. The van der Waals surface area contributed by atoms with E-state index in [1.807, 2.05) is 6.92 Å². The molecule has 0 aromatic heterocycles. The molecule has 2 N–H and O–H groups in total. The van der Waals surface area contributed by atoms with Crippen LogP contribution in [0.15, 0.2) is 11.6 Å². The normalized spacial score (nSPS) is 14.2. The largest absolute Gasteiger partial charge is 0.324 e. The summed E-state index contributed by atoms with van der Waals surface area (Å²) in [5.74, 6) is 2.61. The Morgan fingerprint density at radius 3 is 2.82 bits per heavy atom. The number of rotatable bonds is 4. The third kappa shape index (κ3) is 5.69. The third-order valence-electron chi connectivity index (χ3n) is 1.71. The molecule has 0 saturated heterocycles. The Bertz CT molecular complexity index is 160. The van der Waals surface area contributed by atoms with Gasteiger partial charge in [-0.15, -0.1) is 12.3 Å². The van der Waals surface area contributed by atoms with Crippen LogP contribution in [-0.2, 0) is 0 Å². The van der Waals surface area contributed by atoms with Gasteiger partial charge in [0.25, 0.3) is 0 Å². The van der Waals surface area contributed by atoms with Crippen molar-refractivity contribution in [1.29, 1.82) is 0 Å². The van der Waals surface area contributed by atoms with Gasteiger partial charge >= 0.3 is 0 Å². The Morgan fingerprint density at radius 2 is 2.36 bits per heavy atom. The maximum absolute atomic E-state index is 5.64. The molecule has 62 valence electrons. The lowest BCUT2D eigenvalue weighted by Crippen LogP contribution is -2.15. The van der Waals surface area contributed by atoms with Crippen LogP contribution in [0.1, 0.15) is 33.1 Å². The van der Waals surface area contributed by atoms with E-state index in [2.05, 4.69) is 18.9 Å². The van der Waals surface area contributed by atoms with Gasteiger partial charge in [0.15, 0.2) is 0 Å². The highest BCUT2D eigenvalue weighted by atomic mass is 14.6. The maximum atomic E-state index is 5.64. The van der Waals surface area contributed by atoms with Crippen molar-refractivity contribution in [3.8, 4) is 12.3 Å². The Morgan fingerprint density at radius 1 is 1.73 bits per heavy atom. The molecule has 0 aromatic rings. The number of unbranched alkanes of at least 4 members (excludes halogenated alkanes) is 2. The first-order valence-corrected chi connectivity index (χ1v) is 4.04. The molecule has 0 saturated carbocycles. The van der Waals surface area contributed by atoms with E-state index in [9.17, 15) is 0 Å². The summed E-state index contributed by atoms with van der Waals surface area (Å²) in [4.78, 5) is 0. The zero-order valence-electron chi connectivity index (χ0n) is 7.43. The molecule has 0 radical (unpaired) electrons. The summed E-state index contributed by atoms with van der Waals surface area (Å²) in [6.07, 6.45) is 10.3. The number of allylic oxidation sites excluding steroid dienone is 1.